The van der Waals surface area contributed by atoms with E-state index in [1.807, 2.05) is 6.07 Å². The molecular formula is C14H10Br2N2S. The van der Waals surface area contributed by atoms with E-state index < -0.39 is 0 Å². The molecule has 1 unspecified atom stereocenters. The van der Waals surface area contributed by atoms with Crippen LogP contribution in [0.15, 0.2) is 50.2 Å². The Bertz CT molecular complexity index is 739. The van der Waals surface area contributed by atoms with Gasteiger partial charge in [-0.3, -0.25) is 4.98 Å². The summed E-state index contributed by atoms with van der Waals surface area (Å²) in [5.74, 6) is 0. The van der Waals surface area contributed by atoms with Gasteiger partial charge in [-0.1, -0.05) is 18.2 Å². The van der Waals surface area contributed by atoms with Gasteiger partial charge in [0.1, 0.15) is 0 Å². The number of fused-ring (bicyclic) bond motifs is 1. The predicted octanol–water partition coefficient (Wildman–Crippen LogP) is 4.87. The molecule has 0 amide bonds. The average molecular weight is 398 g/mol. The minimum absolute atomic E-state index is 0.150. The number of pyridine rings is 1. The van der Waals surface area contributed by atoms with E-state index in [0.717, 1.165) is 29.6 Å². The van der Waals surface area contributed by atoms with Gasteiger partial charge in [0.2, 0.25) is 0 Å². The fraction of sp³-hybridized carbons (Fsp3) is 0.0714. The maximum Gasteiger partial charge on any atom is 0.0761 e. The van der Waals surface area contributed by atoms with Crippen LogP contribution in [0.4, 0.5) is 0 Å². The van der Waals surface area contributed by atoms with Crippen LogP contribution in [-0.2, 0) is 0 Å². The molecule has 0 spiro atoms. The maximum absolute atomic E-state index is 6.35. The second-order valence-electron chi connectivity index (χ2n) is 4.21. The summed E-state index contributed by atoms with van der Waals surface area (Å²) in [5.41, 5.74) is 9.48. The van der Waals surface area contributed by atoms with Gasteiger partial charge in [0.05, 0.1) is 19.1 Å². The van der Waals surface area contributed by atoms with Gasteiger partial charge in [0, 0.05) is 11.6 Å². The molecule has 0 bridgehead atoms. The highest BCUT2D eigenvalue weighted by Gasteiger charge is 2.15. The van der Waals surface area contributed by atoms with Crippen molar-refractivity contribution in [2.75, 3.05) is 0 Å². The first-order valence-electron chi connectivity index (χ1n) is 5.70. The number of halogens is 2. The van der Waals surface area contributed by atoms with E-state index in [1.165, 1.54) is 0 Å². The van der Waals surface area contributed by atoms with E-state index in [1.54, 1.807) is 17.5 Å². The number of nitrogens with two attached hydrogens (primary N) is 1. The molecule has 2 aromatic heterocycles. The van der Waals surface area contributed by atoms with E-state index in [-0.39, 0.29) is 6.04 Å². The number of hydrogen-bond acceptors (Lipinski definition) is 3. The molecule has 0 fully saturated rings. The van der Waals surface area contributed by atoms with E-state index >= 15 is 0 Å². The summed E-state index contributed by atoms with van der Waals surface area (Å²) >= 11 is 8.68. The molecule has 3 aromatic rings. The Balaban J connectivity index is 2.06. The molecule has 0 radical (unpaired) electrons. The molecule has 1 atom stereocenters. The number of hydrogen-bond donors (Lipinski definition) is 1. The third kappa shape index (κ3) is 2.60. The van der Waals surface area contributed by atoms with Crippen molar-refractivity contribution in [3.8, 4) is 0 Å². The molecule has 2 N–H and O–H groups in total. The van der Waals surface area contributed by atoms with Crippen LogP contribution in [0.25, 0.3) is 10.9 Å². The van der Waals surface area contributed by atoms with E-state index in [2.05, 4.69) is 67.2 Å². The highest BCUT2D eigenvalue weighted by molar-refractivity contribution is 9.12. The summed E-state index contributed by atoms with van der Waals surface area (Å²) in [6.07, 6.45) is 1.80. The first-order chi connectivity index (χ1) is 9.15. The van der Waals surface area contributed by atoms with Crippen LogP contribution in [0.1, 0.15) is 17.2 Å². The zero-order valence-electron chi connectivity index (χ0n) is 9.81. The zero-order chi connectivity index (χ0) is 13.4. The smallest absolute Gasteiger partial charge is 0.0761 e. The van der Waals surface area contributed by atoms with Gasteiger partial charge < -0.3 is 5.73 Å². The molecule has 96 valence electrons. The molecule has 3 rings (SSSR count). The van der Waals surface area contributed by atoms with Crippen molar-refractivity contribution in [1.29, 1.82) is 0 Å². The summed E-state index contributed by atoms with van der Waals surface area (Å²) in [4.78, 5) is 4.37. The fourth-order valence-electron chi connectivity index (χ4n) is 2.02. The summed E-state index contributed by atoms with van der Waals surface area (Å²) in [6.45, 7) is 0. The molecule has 1 aromatic carbocycles. The molecular weight excluding hydrogens is 388 g/mol. The maximum atomic E-state index is 6.35. The Hall–Kier alpha value is -0.750. The van der Waals surface area contributed by atoms with Crippen molar-refractivity contribution >= 4 is 54.1 Å². The Labute approximate surface area is 131 Å². The Morgan fingerprint density at radius 2 is 2.00 bits per heavy atom. The second-order valence-corrected chi connectivity index (χ2v) is 7.96. The largest absolute Gasteiger partial charge is 0.320 e. The second kappa shape index (κ2) is 5.32. The van der Waals surface area contributed by atoms with Crippen LogP contribution >= 0.6 is 43.2 Å². The lowest BCUT2D eigenvalue weighted by Gasteiger charge is -2.12. The van der Waals surface area contributed by atoms with Crippen molar-refractivity contribution in [3.05, 3.63) is 61.3 Å². The molecule has 19 heavy (non-hydrogen) atoms. The van der Waals surface area contributed by atoms with Crippen LogP contribution in [0.3, 0.4) is 0 Å². The van der Waals surface area contributed by atoms with E-state index in [9.17, 15) is 0 Å². The summed E-state index contributed by atoms with van der Waals surface area (Å²) < 4.78 is 2.14. The van der Waals surface area contributed by atoms with Crippen LogP contribution in [0.2, 0.25) is 0 Å². The van der Waals surface area contributed by atoms with Gasteiger partial charge in [-0.2, -0.15) is 0 Å². The zero-order valence-corrected chi connectivity index (χ0v) is 13.8. The van der Waals surface area contributed by atoms with Crippen molar-refractivity contribution < 1.29 is 0 Å². The lowest BCUT2D eigenvalue weighted by molar-refractivity contribution is 0.873. The van der Waals surface area contributed by atoms with Gasteiger partial charge in [-0.15, -0.1) is 11.3 Å². The highest BCUT2D eigenvalue weighted by Crippen LogP contribution is 2.37. The highest BCUT2D eigenvalue weighted by atomic mass is 79.9. The molecule has 2 heterocycles. The standard InChI is InChI=1S/C14H10Br2N2S/c15-12-7-10(14(16)19-12)13(17)9-4-3-8-2-1-5-18-11(8)6-9/h1-7,13H,17H2. The first kappa shape index (κ1) is 13.2. The van der Waals surface area contributed by atoms with E-state index in [0.29, 0.717) is 0 Å². The van der Waals surface area contributed by atoms with Crippen molar-refractivity contribution in [2.45, 2.75) is 6.04 Å². The first-order valence-corrected chi connectivity index (χ1v) is 8.10. The third-order valence-electron chi connectivity index (χ3n) is 3.01. The lowest BCUT2D eigenvalue weighted by atomic mass is 10.0. The fourth-order valence-corrected chi connectivity index (χ4v) is 4.95. The minimum atomic E-state index is -0.150. The predicted molar refractivity (Wildman–Crippen MR) is 87.5 cm³/mol. The lowest BCUT2D eigenvalue weighted by Crippen LogP contribution is -2.11. The Kier molecular flexibility index (Phi) is 3.71. The SMILES string of the molecule is NC(c1ccc2cccnc2c1)c1cc(Br)sc1Br. The van der Waals surface area contributed by atoms with Crippen molar-refractivity contribution in [3.63, 3.8) is 0 Å². The van der Waals surface area contributed by atoms with Gasteiger partial charge >= 0.3 is 0 Å². The van der Waals surface area contributed by atoms with Crippen LogP contribution < -0.4 is 5.73 Å². The monoisotopic (exact) mass is 396 g/mol. The van der Waals surface area contributed by atoms with Crippen LogP contribution in [0.5, 0.6) is 0 Å². The Morgan fingerprint density at radius 3 is 2.74 bits per heavy atom. The number of thiophene rings is 1. The van der Waals surface area contributed by atoms with Gasteiger partial charge in [0.25, 0.3) is 0 Å². The van der Waals surface area contributed by atoms with Gasteiger partial charge in [-0.05, 0) is 61.2 Å². The quantitative estimate of drug-likeness (QED) is 0.669. The van der Waals surface area contributed by atoms with Crippen LogP contribution in [0, 0.1) is 0 Å². The van der Waals surface area contributed by atoms with Crippen molar-refractivity contribution in [2.24, 2.45) is 5.73 Å². The number of nitrogens with zero attached hydrogens (tertiary/aromatic N) is 1. The molecule has 0 saturated carbocycles. The van der Waals surface area contributed by atoms with Crippen LogP contribution in [-0.4, -0.2) is 4.98 Å². The topological polar surface area (TPSA) is 38.9 Å². The number of benzene rings is 1. The molecule has 0 aliphatic carbocycles. The van der Waals surface area contributed by atoms with Gasteiger partial charge in [0.15, 0.2) is 0 Å². The van der Waals surface area contributed by atoms with E-state index in [4.69, 9.17) is 5.73 Å². The summed E-state index contributed by atoms with van der Waals surface area (Å²) in [5, 5.41) is 1.13. The molecule has 0 aliphatic heterocycles. The minimum Gasteiger partial charge on any atom is -0.320 e. The Morgan fingerprint density at radius 1 is 1.16 bits per heavy atom. The molecule has 0 aliphatic rings. The summed E-state index contributed by atoms with van der Waals surface area (Å²) in [6, 6.07) is 12.1. The molecule has 2 nitrogen and oxygen atoms in total. The number of rotatable bonds is 2. The summed E-state index contributed by atoms with van der Waals surface area (Å²) in [7, 11) is 0. The number of aromatic nitrogens is 1. The normalized spacial score (nSPS) is 12.8. The van der Waals surface area contributed by atoms with Gasteiger partial charge in [-0.25, -0.2) is 0 Å². The molecule has 5 heteroatoms. The van der Waals surface area contributed by atoms with Crippen molar-refractivity contribution in [1.82, 2.24) is 4.98 Å². The average Bonchev–Trinajstić information content (AvgIpc) is 2.76. The molecule has 0 saturated heterocycles. The third-order valence-corrected chi connectivity index (χ3v) is 5.39.